The van der Waals surface area contributed by atoms with Crippen LogP contribution in [0.1, 0.15) is 46.8 Å². The molecule has 37 heavy (non-hydrogen) atoms. The van der Waals surface area contributed by atoms with E-state index in [-0.39, 0.29) is 25.1 Å². The van der Waals surface area contributed by atoms with E-state index in [4.69, 9.17) is 21.4 Å². The van der Waals surface area contributed by atoms with E-state index in [1.165, 1.54) is 18.2 Å². The second-order valence-corrected chi connectivity index (χ2v) is 9.19. The summed E-state index contributed by atoms with van der Waals surface area (Å²) in [4.78, 5) is 22.8. The van der Waals surface area contributed by atoms with Gasteiger partial charge in [-0.15, -0.1) is 0 Å². The number of halogens is 1. The molecule has 2 rings (SSSR count). The zero-order chi connectivity index (χ0) is 27.6. The first-order valence-corrected chi connectivity index (χ1v) is 12.9. The molecule has 0 aromatic heterocycles. The second-order valence-electron chi connectivity index (χ2n) is 8.75. The van der Waals surface area contributed by atoms with Crippen molar-refractivity contribution in [3.63, 3.8) is 0 Å². The molecule has 4 N–H and O–H groups in total. The van der Waals surface area contributed by atoms with Crippen LogP contribution in [0.2, 0.25) is 5.02 Å². The maximum Gasteiger partial charge on any atom is 0.406 e. The smallest absolute Gasteiger partial charge is 0.406 e. The van der Waals surface area contributed by atoms with Crippen LogP contribution in [0.4, 0.5) is 4.79 Å². The average molecular weight is 536 g/mol. The van der Waals surface area contributed by atoms with Crippen molar-refractivity contribution >= 4 is 23.6 Å². The SMILES string of the molecule is CC[C@@H](COC)CC(CNC(=O)c1cccc(Cc2cc(Cl)ccc2C)c1)NC.COC(=O)NCCO. The second kappa shape index (κ2) is 18.6. The van der Waals surface area contributed by atoms with Crippen LogP contribution < -0.4 is 16.0 Å². The maximum absolute atomic E-state index is 12.7. The number of ether oxygens (including phenoxy) is 2. The fraction of sp³-hybridized carbons (Fsp3) is 0.500. The quantitative estimate of drug-likeness (QED) is 0.309. The number of rotatable bonds is 13. The van der Waals surface area contributed by atoms with Crippen LogP contribution in [0.3, 0.4) is 0 Å². The van der Waals surface area contributed by atoms with Crippen LogP contribution in [-0.2, 0) is 15.9 Å². The summed E-state index contributed by atoms with van der Waals surface area (Å²) in [5.41, 5.74) is 4.15. The van der Waals surface area contributed by atoms with Crippen LogP contribution in [0.15, 0.2) is 42.5 Å². The Balaban J connectivity index is 0.000000738. The summed E-state index contributed by atoms with van der Waals surface area (Å²) in [6, 6.07) is 13.9. The molecule has 8 nitrogen and oxygen atoms in total. The largest absolute Gasteiger partial charge is 0.453 e. The Morgan fingerprint density at radius 2 is 1.86 bits per heavy atom. The van der Waals surface area contributed by atoms with Gasteiger partial charge in [-0.25, -0.2) is 4.79 Å². The Hall–Kier alpha value is -2.65. The highest BCUT2D eigenvalue weighted by atomic mass is 35.5. The zero-order valence-corrected chi connectivity index (χ0v) is 23.4. The van der Waals surface area contributed by atoms with Crippen molar-refractivity contribution in [3.05, 3.63) is 69.7 Å². The maximum atomic E-state index is 12.7. The number of benzene rings is 2. The van der Waals surface area contributed by atoms with E-state index in [1.807, 2.05) is 49.5 Å². The summed E-state index contributed by atoms with van der Waals surface area (Å²) < 4.78 is 9.48. The predicted octanol–water partition coefficient (Wildman–Crippen LogP) is 3.95. The van der Waals surface area contributed by atoms with Crippen molar-refractivity contribution in [2.75, 3.05) is 47.6 Å². The highest BCUT2D eigenvalue weighted by Crippen LogP contribution is 2.19. The molecule has 0 saturated carbocycles. The fourth-order valence-corrected chi connectivity index (χ4v) is 3.91. The monoisotopic (exact) mass is 535 g/mol. The molecule has 206 valence electrons. The van der Waals surface area contributed by atoms with Gasteiger partial charge in [0.1, 0.15) is 0 Å². The first-order valence-electron chi connectivity index (χ1n) is 12.5. The molecule has 0 aliphatic heterocycles. The highest BCUT2D eigenvalue weighted by molar-refractivity contribution is 6.30. The number of carbonyl (C=O) groups excluding carboxylic acids is 2. The van der Waals surface area contributed by atoms with E-state index >= 15 is 0 Å². The van der Waals surface area contributed by atoms with E-state index in [9.17, 15) is 9.59 Å². The molecular formula is C28H42ClN3O5. The van der Waals surface area contributed by atoms with Gasteiger partial charge in [0.25, 0.3) is 5.91 Å². The molecule has 0 fully saturated rings. The number of aryl methyl sites for hydroxylation is 1. The Bertz CT molecular complexity index is 957. The van der Waals surface area contributed by atoms with Gasteiger partial charge in [0.15, 0.2) is 0 Å². The molecule has 0 heterocycles. The number of hydrogen-bond acceptors (Lipinski definition) is 6. The molecule has 2 atom stereocenters. The van der Waals surface area contributed by atoms with E-state index in [1.54, 1.807) is 7.11 Å². The molecule has 0 saturated heterocycles. The molecule has 0 radical (unpaired) electrons. The van der Waals surface area contributed by atoms with Crippen LogP contribution >= 0.6 is 11.6 Å². The van der Waals surface area contributed by atoms with E-state index in [0.29, 0.717) is 18.0 Å². The van der Waals surface area contributed by atoms with Gasteiger partial charge in [-0.05, 0) is 73.7 Å². The van der Waals surface area contributed by atoms with Gasteiger partial charge in [-0.3, -0.25) is 4.79 Å². The molecule has 2 aromatic carbocycles. The lowest BCUT2D eigenvalue weighted by molar-refractivity contribution is 0.0944. The number of aliphatic hydroxyl groups excluding tert-OH is 1. The molecular weight excluding hydrogens is 494 g/mol. The molecule has 0 spiro atoms. The van der Waals surface area contributed by atoms with Gasteiger partial charge in [0.05, 0.1) is 13.7 Å². The number of hydrogen-bond donors (Lipinski definition) is 4. The van der Waals surface area contributed by atoms with Crippen molar-refractivity contribution in [3.8, 4) is 0 Å². The molecule has 0 bridgehead atoms. The lowest BCUT2D eigenvalue weighted by Gasteiger charge is -2.22. The summed E-state index contributed by atoms with van der Waals surface area (Å²) in [6.07, 6.45) is 2.26. The Morgan fingerprint density at radius 1 is 1.11 bits per heavy atom. The van der Waals surface area contributed by atoms with Crippen LogP contribution in [0.5, 0.6) is 0 Å². The Morgan fingerprint density at radius 3 is 2.49 bits per heavy atom. The third-order valence-corrected chi connectivity index (χ3v) is 6.21. The topological polar surface area (TPSA) is 109 Å². The molecule has 2 amide bonds. The summed E-state index contributed by atoms with van der Waals surface area (Å²) in [7, 11) is 4.94. The number of likely N-dealkylation sites (N-methyl/N-ethyl adjacent to an activating group) is 1. The van der Waals surface area contributed by atoms with Gasteiger partial charge >= 0.3 is 6.09 Å². The van der Waals surface area contributed by atoms with E-state index in [0.717, 1.165) is 36.5 Å². The third kappa shape index (κ3) is 12.9. The Labute approximate surface area is 226 Å². The number of methoxy groups -OCH3 is 2. The first kappa shape index (κ1) is 32.4. The van der Waals surface area contributed by atoms with Crippen molar-refractivity contribution in [2.24, 2.45) is 5.92 Å². The lowest BCUT2D eigenvalue weighted by Crippen LogP contribution is -2.40. The number of aliphatic hydroxyl groups is 1. The highest BCUT2D eigenvalue weighted by Gasteiger charge is 2.16. The number of nitrogens with one attached hydrogen (secondary N) is 3. The van der Waals surface area contributed by atoms with Crippen LogP contribution in [-0.4, -0.2) is 70.7 Å². The minimum atomic E-state index is -0.515. The summed E-state index contributed by atoms with van der Waals surface area (Å²) in [6.45, 7) is 5.76. The van der Waals surface area contributed by atoms with E-state index in [2.05, 4.69) is 34.5 Å². The molecule has 9 heteroatoms. The van der Waals surface area contributed by atoms with Crippen molar-refractivity contribution < 1.29 is 24.2 Å². The number of amides is 2. The Kier molecular flexibility index (Phi) is 16.3. The van der Waals surface area contributed by atoms with Gasteiger partial charge < -0.3 is 30.5 Å². The third-order valence-electron chi connectivity index (χ3n) is 5.98. The number of alkyl carbamates (subject to hydrolysis) is 1. The molecule has 0 aliphatic rings. The van der Waals surface area contributed by atoms with Crippen molar-refractivity contribution in [1.29, 1.82) is 0 Å². The average Bonchev–Trinajstić information content (AvgIpc) is 2.91. The van der Waals surface area contributed by atoms with Gasteiger partial charge in [-0.2, -0.15) is 0 Å². The zero-order valence-electron chi connectivity index (χ0n) is 22.6. The van der Waals surface area contributed by atoms with Crippen molar-refractivity contribution in [1.82, 2.24) is 16.0 Å². The minimum absolute atomic E-state index is 0.0466. The van der Waals surface area contributed by atoms with Gasteiger partial charge in [0.2, 0.25) is 0 Å². The normalized spacial score (nSPS) is 12.1. The fourth-order valence-electron chi connectivity index (χ4n) is 3.71. The van der Waals surface area contributed by atoms with Crippen LogP contribution in [0.25, 0.3) is 0 Å². The van der Waals surface area contributed by atoms with E-state index < -0.39 is 6.09 Å². The predicted molar refractivity (Wildman–Crippen MR) is 148 cm³/mol. The summed E-state index contributed by atoms with van der Waals surface area (Å²) in [5.74, 6) is 0.438. The first-order chi connectivity index (χ1) is 17.8. The molecule has 2 aromatic rings. The molecule has 0 aliphatic carbocycles. The number of carbonyl (C=O) groups is 2. The van der Waals surface area contributed by atoms with Crippen molar-refractivity contribution in [2.45, 2.75) is 39.2 Å². The van der Waals surface area contributed by atoms with Crippen LogP contribution in [0, 0.1) is 12.8 Å². The summed E-state index contributed by atoms with van der Waals surface area (Å²) >= 11 is 6.14. The minimum Gasteiger partial charge on any atom is -0.453 e. The molecule has 1 unspecified atom stereocenters. The summed E-state index contributed by atoms with van der Waals surface area (Å²) in [5, 5.41) is 17.5. The standard InChI is InChI=1S/C24H33ClN2O2.C4H9NO3/c1-5-18(16-29-4)13-23(26-3)15-27-24(28)20-8-6-7-19(11-20)12-21-14-22(25)10-9-17(21)2;1-8-4(7)5-2-3-6/h6-11,14,18,23,26H,5,12-13,15-16H2,1-4H3,(H,27,28);6H,2-3H2,1H3,(H,5,7)/t18-,23?;/m1./s1. The lowest BCUT2D eigenvalue weighted by atomic mass is 9.97. The van der Waals surface area contributed by atoms with Gasteiger partial charge in [0, 0.05) is 43.4 Å². The van der Waals surface area contributed by atoms with Gasteiger partial charge in [-0.1, -0.05) is 43.1 Å².